The van der Waals surface area contributed by atoms with Gasteiger partial charge in [0.05, 0.1) is 4.92 Å². The maximum Gasteiger partial charge on any atom is 0.346 e. The van der Waals surface area contributed by atoms with Crippen LogP contribution in [0.25, 0.3) is 0 Å². The molecule has 0 atom stereocenters. The summed E-state index contributed by atoms with van der Waals surface area (Å²) < 4.78 is 18.7. The number of nitrogens with zero attached hydrogens (tertiary/aromatic N) is 1. The molecular formula is C13H7ClFNO5. The molecule has 0 aliphatic rings. The minimum atomic E-state index is -1.30. The normalized spacial score (nSPS) is 10.2. The summed E-state index contributed by atoms with van der Waals surface area (Å²) >= 11 is 5.74. The van der Waals surface area contributed by atoms with Crippen LogP contribution in [-0.2, 0) is 0 Å². The van der Waals surface area contributed by atoms with Crippen molar-refractivity contribution in [3.8, 4) is 11.5 Å². The van der Waals surface area contributed by atoms with Gasteiger partial charge in [0.15, 0.2) is 0 Å². The van der Waals surface area contributed by atoms with E-state index in [1.54, 1.807) is 0 Å². The lowest BCUT2D eigenvalue weighted by Crippen LogP contribution is -2.02. The first kappa shape index (κ1) is 14.7. The second kappa shape index (κ2) is 5.76. The Hall–Kier alpha value is -2.67. The number of carboxylic acids is 1. The quantitative estimate of drug-likeness (QED) is 0.683. The van der Waals surface area contributed by atoms with E-state index in [1.807, 2.05) is 0 Å². The number of ether oxygens (including phenoxy) is 1. The lowest BCUT2D eigenvalue weighted by atomic mass is 10.2. The molecule has 0 amide bonds. The summed E-state index contributed by atoms with van der Waals surface area (Å²) in [6.07, 6.45) is 0. The number of benzene rings is 2. The zero-order chi connectivity index (χ0) is 15.6. The van der Waals surface area contributed by atoms with E-state index < -0.39 is 28.1 Å². The Labute approximate surface area is 122 Å². The average Bonchev–Trinajstić information content (AvgIpc) is 2.37. The van der Waals surface area contributed by atoms with Crippen LogP contribution in [0.5, 0.6) is 11.5 Å². The first-order valence-electron chi connectivity index (χ1n) is 5.53. The highest BCUT2D eigenvalue weighted by molar-refractivity contribution is 6.30. The van der Waals surface area contributed by atoms with Gasteiger partial charge >= 0.3 is 11.7 Å². The smallest absolute Gasteiger partial charge is 0.346 e. The molecule has 0 aliphatic heterocycles. The van der Waals surface area contributed by atoms with E-state index >= 15 is 0 Å². The minimum Gasteiger partial charge on any atom is -0.478 e. The van der Waals surface area contributed by atoms with Crippen LogP contribution in [0, 0.1) is 15.9 Å². The van der Waals surface area contributed by atoms with Crippen molar-refractivity contribution in [3.05, 3.63) is 62.9 Å². The molecule has 0 heterocycles. The molecule has 2 aromatic rings. The summed E-state index contributed by atoms with van der Waals surface area (Å²) in [5, 5.41) is 20.1. The van der Waals surface area contributed by atoms with Crippen molar-refractivity contribution in [2.24, 2.45) is 0 Å². The second-order valence-electron chi connectivity index (χ2n) is 3.89. The third kappa shape index (κ3) is 3.09. The SMILES string of the molecule is O=C(O)c1ccc(Cl)cc1Oc1cccc(F)c1[N+](=O)[O-]. The zero-order valence-corrected chi connectivity index (χ0v) is 11.0. The van der Waals surface area contributed by atoms with Crippen LogP contribution in [-0.4, -0.2) is 16.0 Å². The molecule has 0 spiro atoms. The van der Waals surface area contributed by atoms with E-state index in [0.29, 0.717) is 0 Å². The van der Waals surface area contributed by atoms with Gasteiger partial charge in [0.2, 0.25) is 11.6 Å². The molecule has 0 aliphatic carbocycles. The Kier molecular flexibility index (Phi) is 4.04. The van der Waals surface area contributed by atoms with Crippen molar-refractivity contribution >= 4 is 23.3 Å². The number of aromatic carboxylic acids is 1. The van der Waals surface area contributed by atoms with Gasteiger partial charge in [-0.2, -0.15) is 4.39 Å². The fraction of sp³-hybridized carbons (Fsp3) is 0. The Morgan fingerprint density at radius 2 is 2.00 bits per heavy atom. The molecule has 0 unspecified atom stereocenters. The number of para-hydroxylation sites is 1. The lowest BCUT2D eigenvalue weighted by Gasteiger charge is -2.09. The van der Waals surface area contributed by atoms with Crippen molar-refractivity contribution in [1.29, 1.82) is 0 Å². The van der Waals surface area contributed by atoms with Crippen molar-refractivity contribution < 1.29 is 24.0 Å². The van der Waals surface area contributed by atoms with Gasteiger partial charge in [-0.1, -0.05) is 17.7 Å². The van der Waals surface area contributed by atoms with Gasteiger partial charge in [-0.15, -0.1) is 0 Å². The van der Waals surface area contributed by atoms with E-state index in [-0.39, 0.29) is 16.3 Å². The van der Waals surface area contributed by atoms with E-state index in [9.17, 15) is 19.3 Å². The molecule has 1 N–H and O–H groups in total. The molecule has 0 saturated carbocycles. The fourth-order valence-corrected chi connectivity index (χ4v) is 1.79. The van der Waals surface area contributed by atoms with Crippen LogP contribution >= 0.6 is 11.6 Å². The fourth-order valence-electron chi connectivity index (χ4n) is 1.63. The molecule has 0 bridgehead atoms. The van der Waals surface area contributed by atoms with E-state index in [0.717, 1.165) is 12.1 Å². The summed E-state index contributed by atoms with van der Waals surface area (Å²) in [4.78, 5) is 21.0. The molecule has 8 heteroatoms. The van der Waals surface area contributed by atoms with Crippen LogP contribution in [0.2, 0.25) is 5.02 Å². The van der Waals surface area contributed by atoms with Gasteiger partial charge in [0.25, 0.3) is 0 Å². The summed E-state index contributed by atoms with van der Waals surface area (Å²) in [5.74, 6) is -3.02. The zero-order valence-electron chi connectivity index (χ0n) is 10.2. The highest BCUT2D eigenvalue weighted by Gasteiger charge is 2.23. The maximum atomic E-state index is 13.5. The number of carbonyl (C=O) groups is 1. The second-order valence-corrected chi connectivity index (χ2v) is 4.33. The first-order valence-corrected chi connectivity index (χ1v) is 5.91. The molecule has 108 valence electrons. The number of carboxylic acid groups (broad SMARTS) is 1. The minimum absolute atomic E-state index is 0.175. The Morgan fingerprint density at radius 3 is 2.62 bits per heavy atom. The van der Waals surface area contributed by atoms with Gasteiger partial charge in [0, 0.05) is 11.1 Å². The van der Waals surface area contributed by atoms with Crippen LogP contribution in [0.1, 0.15) is 10.4 Å². The highest BCUT2D eigenvalue weighted by Crippen LogP contribution is 2.35. The lowest BCUT2D eigenvalue weighted by molar-refractivity contribution is -0.388. The monoisotopic (exact) mass is 311 g/mol. The van der Waals surface area contributed by atoms with Gasteiger partial charge in [-0.05, 0) is 24.3 Å². The molecule has 0 saturated heterocycles. The average molecular weight is 312 g/mol. The standard InChI is InChI=1S/C13H7ClFNO5/c14-7-4-5-8(13(17)18)11(6-7)21-10-3-1-2-9(15)12(10)16(19)20/h1-6H,(H,17,18). The Bertz CT molecular complexity index is 734. The number of hydrogen-bond acceptors (Lipinski definition) is 4. The largest absolute Gasteiger partial charge is 0.478 e. The van der Waals surface area contributed by atoms with E-state index in [4.69, 9.17) is 21.4 Å². The van der Waals surface area contributed by atoms with Gasteiger partial charge < -0.3 is 9.84 Å². The van der Waals surface area contributed by atoms with Crippen LogP contribution in [0.4, 0.5) is 10.1 Å². The number of hydrogen-bond donors (Lipinski definition) is 1. The van der Waals surface area contributed by atoms with Crippen molar-refractivity contribution in [2.45, 2.75) is 0 Å². The summed E-state index contributed by atoms with van der Waals surface area (Å²) in [6.45, 7) is 0. The molecule has 2 aromatic carbocycles. The topological polar surface area (TPSA) is 89.7 Å². The number of nitro groups is 1. The number of rotatable bonds is 4. The van der Waals surface area contributed by atoms with Gasteiger partial charge in [-0.25, -0.2) is 4.79 Å². The van der Waals surface area contributed by atoms with Crippen LogP contribution in [0.15, 0.2) is 36.4 Å². The molecular weight excluding hydrogens is 305 g/mol. The molecule has 6 nitrogen and oxygen atoms in total. The number of halogens is 2. The third-order valence-corrected chi connectivity index (χ3v) is 2.76. The van der Waals surface area contributed by atoms with Crippen molar-refractivity contribution in [1.82, 2.24) is 0 Å². The Morgan fingerprint density at radius 1 is 1.29 bits per heavy atom. The van der Waals surface area contributed by atoms with Crippen molar-refractivity contribution in [2.75, 3.05) is 0 Å². The van der Waals surface area contributed by atoms with Gasteiger partial charge in [-0.3, -0.25) is 10.1 Å². The Balaban J connectivity index is 2.53. The van der Waals surface area contributed by atoms with Crippen molar-refractivity contribution in [3.63, 3.8) is 0 Å². The number of nitro benzene ring substituents is 1. The molecule has 21 heavy (non-hydrogen) atoms. The van der Waals surface area contributed by atoms with Crippen LogP contribution in [0.3, 0.4) is 0 Å². The van der Waals surface area contributed by atoms with Gasteiger partial charge in [0.1, 0.15) is 11.3 Å². The molecule has 0 radical (unpaired) electrons. The van der Waals surface area contributed by atoms with E-state index in [1.165, 1.54) is 24.3 Å². The van der Waals surface area contributed by atoms with E-state index in [2.05, 4.69) is 0 Å². The first-order chi connectivity index (χ1) is 9.90. The predicted molar refractivity (Wildman–Crippen MR) is 71.5 cm³/mol. The maximum absolute atomic E-state index is 13.5. The highest BCUT2D eigenvalue weighted by atomic mass is 35.5. The summed E-state index contributed by atoms with van der Waals surface area (Å²) in [6, 6.07) is 6.97. The molecule has 0 fully saturated rings. The molecule has 2 rings (SSSR count). The third-order valence-electron chi connectivity index (χ3n) is 2.53. The summed E-state index contributed by atoms with van der Waals surface area (Å²) in [7, 11) is 0. The van der Waals surface area contributed by atoms with Crippen LogP contribution < -0.4 is 4.74 Å². The summed E-state index contributed by atoms with van der Waals surface area (Å²) in [5.41, 5.74) is -1.13. The predicted octanol–water partition coefficient (Wildman–Crippen LogP) is 3.88. The molecule has 0 aromatic heterocycles.